The van der Waals surface area contributed by atoms with Crippen LogP contribution in [-0.2, 0) is 4.79 Å². The minimum Gasteiger partial charge on any atom is -0.382 e. The molecule has 3 heterocycles. The van der Waals surface area contributed by atoms with Gasteiger partial charge in [0.1, 0.15) is 22.7 Å². The number of hydrogen-bond acceptors (Lipinski definition) is 7. The van der Waals surface area contributed by atoms with E-state index in [-0.39, 0.29) is 0 Å². The molecule has 184 valence electrons. The molecule has 0 saturated carbocycles. The van der Waals surface area contributed by atoms with E-state index < -0.39 is 6.17 Å². The predicted octanol–water partition coefficient (Wildman–Crippen LogP) is 4.56. The smallest absolute Gasteiger partial charge is 0.211 e. The van der Waals surface area contributed by atoms with E-state index in [1.807, 2.05) is 71.7 Å². The third-order valence-corrected chi connectivity index (χ3v) is 6.52. The second-order valence-electron chi connectivity index (χ2n) is 8.55. The molecule has 0 bridgehead atoms. The molecule has 1 amide bonds. The SMILES string of the molecule is Nc1n[nH]c2cc(-c3nc(C(=Cc4ccccc4)N4Nc5cc(NC=O)ccc5[C@H]4N)[nH]c3Cl)ccc12. The van der Waals surface area contributed by atoms with Crippen molar-refractivity contribution in [2.75, 3.05) is 16.5 Å². The number of rotatable bonds is 6. The molecule has 0 aliphatic carbocycles. The zero-order valence-corrected chi connectivity index (χ0v) is 20.1. The zero-order valence-electron chi connectivity index (χ0n) is 19.4. The lowest BCUT2D eigenvalue weighted by atomic mass is 10.1. The molecule has 0 radical (unpaired) electrons. The number of carbonyl (C=O) groups excluding carboxylic acids is 1. The maximum Gasteiger partial charge on any atom is 0.211 e. The average Bonchev–Trinajstić information content (AvgIpc) is 3.58. The number of benzene rings is 3. The maximum absolute atomic E-state index is 10.9. The summed E-state index contributed by atoms with van der Waals surface area (Å²) in [5.74, 6) is 0.957. The molecule has 2 aromatic heterocycles. The van der Waals surface area contributed by atoms with Gasteiger partial charge in [-0.15, -0.1) is 0 Å². The molecule has 5 aromatic rings. The van der Waals surface area contributed by atoms with Crippen LogP contribution in [0.2, 0.25) is 5.15 Å². The van der Waals surface area contributed by atoms with Gasteiger partial charge >= 0.3 is 0 Å². The topological polar surface area (TPSA) is 154 Å². The molecule has 0 fully saturated rings. The number of imidazole rings is 1. The first-order valence-corrected chi connectivity index (χ1v) is 11.8. The van der Waals surface area contributed by atoms with Crippen LogP contribution in [-0.4, -0.2) is 31.6 Å². The molecule has 11 heteroatoms. The van der Waals surface area contributed by atoms with Crippen molar-refractivity contribution in [2.45, 2.75) is 6.17 Å². The standard InChI is InChI=1S/C26H22ClN9O/c27-23-22(15-6-8-17-19(11-15)33-34-24(17)28)31-26(32-23)21(10-14-4-2-1-3-5-14)36-25(29)18-9-7-16(30-13-37)12-20(18)35-36/h1-13,25,35H,29H2,(H,30,37)(H,31,32)(H3,28,33,34)/t25-/m0/s1. The van der Waals surface area contributed by atoms with Crippen LogP contribution in [0.3, 0.4) is 0 Å². The quantitative estimate of drug-likeness (QED) is 0.183. The van der Waals surface area contributed by atoms with Crippen molar-refractivity contribution in [2.24, 2.45) is 5.73 Å². The molecule has 0 spiro atoms. The van der Waals surface area contributed by atoms with E-state index in [0.717, 1.165) is 33.3 Å². The van der Waals surface area contributed by atoms with Crippen LogP contribution in [0.1, 0.15) is 23.1 Å². The van der Waals surface area contributed by atoms with Gasteiger partial charge in [-0.2, -0.15) is 5.10 Å². The fraction of sp³-hybridized carbons (Fsp3) is 0.0385. The number of hydrazine groups is 1. The fourth-order valence-corrected chi connectivity index (χ4v) is 4.67. The van der Waals surface area contributed by atoms with Gasteiger partial charge in [-0.25, -0.2) is 4.98 Å². The highest BCUT2D eigenvalue weighted by atomic mass is 35.5. The summed E-state index contributed by atoms with van der Waals surface area (Å²) < 4.78 is 0. The number of aromatic amines is 2. The summed E-state index contributed by atoms with van der Waals surface area (Å²) in [6.07, 6.45) is 2.09. The van der Waals surface area contributed by atoms with E-state index in [1.54, 1.807) is 6.07 Å². The van der Waals surface area contributed by atoms with Gasteiger partial charge in [0, 0.05) is 22.2 Å². The molecule has 0 unspecified atom stereocenters. The van der Waals surface area contributed by atoms with E-state index in [9.17, 15) is 4.79 Å². The molecule has 37 heavy (non-hydrogen) atoms. The Morgan fingerprint density at radius 1 is 1.11 bits per heavy atom. The monoisotopic (exact) mass is 511 g/mol. The highest BCUT2D eigenvalue weighted by Crippen LogP contribution is 2.40. The highest BCUT2D eigenvalue weighted by Gasteiger charge is 2.31. The van der Waals surface area contributed by atoms with Crippen molar-refractivity contribution in [1.29, 1.82) is 0 Å². The van der Waals surface area contributed by atoms with Gasteiger partial charge < -0.3 is 21.8 Å². The minimum absolute atomic E-state index is 0.378. The van der Waals surface area contributed by atoms with Gasteiger partial charge in [0.25, 0.3) is 0 Å². The normalized spacial score (nSPS) is 15.0. The third kappa shape index (κ3) is 4.03. The fourth-order valence-electron chi connectivity index (χ4n) is 4.43. The molecule has 10 nitrogen and oxygen atoms in total. The number of aromatic nitrogens is 4. The molecule has 6 rings (SSSR count). The molecular formula is C26H22ClN9O. The molecule has 1 aliphatic rings. The van der Waals surface area contributed by atoms with E-state index in [0.29, 0.717) is 40.3 Å². The second-order valence-corrected chi connectivity index (χ2v) is 8.93. The number of anilines is 3. The first-order valence-electron chi connectivity index (χ1n) is 11.4. The van der Waals surface area contributed by atoms with Crippen molar-refractivity contribution < 1.29 is 4.79 Å². The third-order valence-electron chi connectivity index (χ3n) is 6.25. The van der Waals surface area contributed by atoms with Gasteiger partial charge in [-0.3, -0.25) is 20.3 Å². The number of halogens is 1. The first kappa shape index (κ1) is 22.7. The first-order chi connectivity index (χ1) is 18.0. The summed E-state index contributed by atoms with van der Waals surface area (Å²) in [5.41, 5.74) is 22.0. The summed E-state index contributed by atoms with van der Waals surface area (Å²) in [5, 5.41) is 12.7. The maximum atomic E-state index is 10.9. The van der Waals surface area contributed by atoms with Crippen LogP contribution in [0.15, 0.2) is 66.7 Å². The Balaban J connectivity index is 1.43. The van der Waals surface area contributed by atoms with Crippen LogP contribution in [0, 0.1) is 0 Å². The largest absolute Gasteiger partial charge is 0.382 e. The summed E-state index contributed by atoms with van der Waals surface area (Å²) in [6, 6.07) is 21.0. The van der Waals surface area contributed by atoms with Crippen LogP contribution in [0.5, 0.6) is 0 Å². The number of H-pyrrole nitrogens is 2. The minimum atomic E-state index is -0.521. The summed E-state index contributed by atoms with van der Waals surface area (Å²) in [7, 11) is 0. The lowest BCUT2D eigenvalue weighted by Gasteiger charge is -2.25. The van der Waals surface area contributed by atoms with Crippen LogP contribution >= 0.6 is 11.6 Å². The van der Waals surface area contributed by atoms with Crippen LogP contribution < -0.4 is 22.2 Å². The molecule has 3 aromatic carbocycles. The number of nitrogens with zero attached hydrogens (tertiary/aromatic N) is 3. The van der Waals surface area contributed by atoms with Crippen molar-refractivity contribution in [1.82, 2.24) is 25.2 Å². The lowest BCUT2D eigenvalue weighted by Crippen LogP contribution is -2.32. The number of carbonyl (C=O) groups is 1. The van der Waals surface area contributed by atoms with Crippen molar-refractivity contribution >= 4 is 57.9 Å². The molecule has 0 saturated heterocycles. The average molecular weight is 512 g/mol. The van der Waals surface area contributed by atoms with E-state index in [4.69, 9.17) is 28.1 Å². The number of nitrogen functional groups attached to an aromatic ring is 1. The highest BCUT2D eigenvalue weighted by molar-refractivity contribution is 6.32. The van der Waals surface area contributed by atoms with Crippen molar-refractivity contribution in [3.63, 3.8) is 0 Å². The predicted molar refractivity (Wildman–Crippen MR) is 146 cm³/mol. The summed E-state index contributed by atoms with van der Waals surface area (Å²) >= 11 is 6.66. The Kier molecular flexibility index (Phi) is 5.52. The van der Waals surface area contributed by atoms with E-state index in [2.05, 4.69) is 25.9 Å². The number of amides is 1. The Morgan fingerprint density at radius 3 is 2.76 bits per heavy atom. The second kappa shape index (κ2) is 9.01. The Hall–Kier alpha value is -4.80. The Labute approximate surface area is 216 Å². The Bertz CT molecular complexity index is 1660. The van der Waals surface area contributed by atoms with Gasteiger partial charge in [-0.05, 0) is 35.9 Å². The van der Waals surface area contributed by atoms with Crippen LogP contribution in [0.25, 0.3) is 33.9 Å². The number of nitrogens with two attached hydrogens (primary N) is 2. The van der Waals surface area contributed by atoms with E-state index >= 15 is 0 Å². The zero-order chi connectivity index (χ0) is 25.5. The number of fused-ring (bicyclic) bond motifs is 2. The summed E-state index contributed by atoms with van der Waals surface area (Å²) in [6.45, 7) is 0. The molecule has 1 atom stereocenters. The molecule has 1 aliphatic heterocycles. The summed E-state index contributed by atoms with van der Waals surface area (Å²) in [4.78, 5) is 19.0. The van der Waals surface area contributed by atoms with Gasteiger partial charge in [-0.1, -0.05) is 54.1 Å². The van der Waals surface area contributed by atoms with Crippen molar-refractivity contribution in [3.05, 3.63) is 88.8 Å². The van der Waals surface area contributed by atoms with Gasteiger partial charge in [0.15, 0.2) is 11.6 Å². The Morgan fingerprint density at radius 2 is 1.95 bits per heavy atom. The van der Waals surface area contributed by atoms with E-state index in [1.165, 1.54) is 0 Å². The molecular weight excluding hydrogens is 490 g/mol. The van der Waals surface area contributed by atoms with Gasteiger partial charge in [0.05, 0.1) is 11.2 Å². The van der Waals surface area contributed by atoms with Crippen molar-refractivity contribution in [3.8, 4) is 11.3 Å². The molecule has 8 N–H and O–H groups in total. The number of nitrogens with one attached hydrogen (secondary N) is 4. The lowest BCUT2D eigenvalue weighted by molar-refractivity contribution is -0.105. The van der Waals surface area contributed by atoms with Crippen LogP contribution in [0.4, 0.5) is 17.2 Å². The van der Waals surface area contributed by atoms with Gasteiger partial charge in [0.2, 0.25) is 6.41 Å². The number of hydrogen-bond donors (Lipinski definition) is 6.